The smallest absolute Gasteiger partial charge is 0.314 e. The zero-order chi connectivity index (χ0) is 14.0. The lowest BCUT2D eigenvalue weighted by Crippen LogP contribution is -2.38. The van der Waals surface area contributed by atoms with Crippen LogP contribution in [0, 0.1) is 5.82 Å². The van der Waals surface area contributed by atoms with Crippen LogP contribution in [-0.4, -0.2) is 23.3 Å². The second-order valence-electron chi connectivity index (χ2n) is 4.96. The average molecular weight is 268 g/mol. The Morgan fingerprint density at radius 2 is 1.95 bits per heavy atom. The van der Waals surface area contributed by atoms with Gasteiger partial charge in [-0.2, -0.15) is 0 Å². The van der Waals surface area contributed by atoms with Crippen LogP contribution < -0.4 is 4.74 Å². The molecule has 0 heterocycles. The lowest BCUT2D eigenvalue weighted by molar-refractivity contribution is -0.145. The van der Waals surface area contributed by atoms with Gasteiger partial charge in [-0.15, -0.1) is 0 Å². The number of carbonyl (C=O) groups is 1. The van der Waals surface area contributed by atoms with E-state index in [1.54, 1.807) is 0 Å². The molecule has 2 N–H and O–H groups in total. The van der Waals surface area contributed by atoms with E-state index in [1.165, 1.54) is 13.2 Å². The molecular weight excluding hydrogens is 251 g/mol. The van der Waals surface area contributed by atoms with Crippen molar-refractivity contribution in [2.45, 2.75) is 37.5 Å². The van der Waals surface area contributed by atoms with E-state index in [9.17, 15) is 19.4 Å². The molecule has 5 heteroatoms. The van der Waals surface area contributed by atoms with E-state index < -0.39 is 23.0 Å². The lowest BCUT2D eigenvalue weighted by atomic mass is 9.69. The molecule has 1 fully saturated rings. The Balaban J connectivity index is 2.59. The number of carboxylic acids is 1. The van der Waals surface area contributed by atoms with Gasteiger partial charge in [0.25, 0.3) is 0 Å². The van der Waals surface area contributed by atoms with E-state index in [-0.39, 0.29) is 11.3 Å². The summed E-state index contributed by atoms with van der Waals surface area (Å²) in [6.07, 6.45) is 3.19. The number of aliphatic carboxylic acids is 1. The molecule has 0 aromatic heterocycles. The Bertz CT molecular complexity index is 492. The molecule has 1 saturated carbocycles. The first-order valence-corrected chi connectivity index (χ1v) is 6.31. The zero-order valence-corrected chi connectivity index (χ0v) is 10.8. The van der Waals surface area contributed by atoms with Crippen LogP contribution in [0.1, 0.15) is 37.7 Å². The van der Waals surface area contributed by atoms with Gasteiger partial charge in [-0.3, -0.25) is 4.79 Å². The van der Waals surface area contributed by atoms with Crippen molar-refractivity contribution in [1.29, 1.82) is 0 Å². The largest absolute Gasteiger partial charge is 0.505 e. The van der Waals surface area contributed by atoms with Crippen molar-refractivity contribution >= 4 is 5.97 Å². The summed E-state index contributed by atoms with van der Waals surface area (Å²) in [5.41, 5.74) is -1.23. The molecule has 0 saturated heterocycles. The molecule has 1 aliphatic rings. The minimum absolute atomic E-state index is 0.0246. The molecule has 4 nitrogen and oxygen atoms in total. The predicted octanol–water partition coefficient (Wildman–Crippen LogP) is 2.83. The molecule has 1 aromatic carbocycles. The fraction of sp³-hybridized carbons (Fsp3) is 0.500. The fourth-order valence-corrected chi connectivity index (χ4v) is 2.80. The number of halogens is 1. The van der Waals surface area contributed by atoms with Crippen LogP contribution in [0.5, 0.6) is 11.5 Å². The number of benzene rings is 1. The Labute approximate surface area is 110 Å². The second kappa shape index (κ2) is 5.07. The van der Waals surface area contributed by atoms with E-state index in [0.29, 0.717) is 12.8 Å². The molecule has 0 aliphatic heterocycles. The second-order valence-corrected chi connectivity index (χ2v) is 4.96. The molecule has 1 aromatic rings. The molecule has 1 aliphatic carbocycles. The van der Waals surface area contributed by atoms with Gasteiger partial charge in [0.2, 0.25) is 0 Å². The molecule has 2 rings (SSSR count). The van der Waals surface area contributed by atoms with Gasteiger partial charge in [0.05, 0.1) is 12.5 Å². The average Bonchev–Trinajstić information content (AvgIpc) is 2.42. The third kappa shape index (κ3) is 2.25. The number of phenolic OH excluding ortho intramolecular Hbond substituents is 1. The number of hydrogen-bond donors (Lipinski definition) is 2. The van der Waals surface area contributed by atoms with Crippen LogP contribution in [0.4, 0.5) is 4.39 Å². The highest BCUT2D eigenvalue weighted by atomic mass is 19.1. The molecule has 0 unspecified atom stereocenters. The maximum atomic E-state index is 14.1. The number of methoxy groups -OCH3 is 1. The van der Waals surface area contributed by atoms with Gasteiger partial charge in [0, 0.05) is 11.6 Å². The van der Waals surface area contributed by atoms with Crippen LogP contribution in [-0.2, 0) is 10.2 Å². The Kier molecular flexibility index (Phi) is 3.64. The summed E-state index contributed by atoms with van der Waals surface area (Å²) >= 11 is 0. The van der Waals surface area contributed by atoms with E-state index in [2.05, 4.69) is 0 Å². The Morgan fingerprint density at radius 3 is 2.47 bits per heavy atom. The van der Waals surface area contributed by atoms with Crippen molar-refractivity contribution < 1.29 is 24.1 Å². The summed E-state index contributed by atoms with van der Waals surface area (Å²) < 4.78 is 19.1. The lowest BCUT2D eigenvalue weighted by Gasteiger charge is -2.34. The summed E-state index contributed by atoms with van der Waals surface area (Å²) in [6.45, 7) is 0. The van der Waals surface area contributed by atoms with Gasteiger partial charge in [-0.05, 0) is 18.9 Å². The molecule has 0 atom stereocenters. The predicted molar refractivity (Wildman–Crippen MR) is 67.0 cm³/mol. The molecule has 104 valence electrons. The minimum Gasteiger partial charge on any atom is -0.505 e. The molecule has 0 amide bonds. The van der Waals surface area contributed by atoms with Crippen LogP contribution in [0.25, 0.3) is 0 Å². The summed E-state index contributed by atoms with van der Waals surface area (Å²) in [7, 11) is 1.39. The van der Waals surface area contributed by atoms with Crippen molar-refractivity contribution in [3.63, 3.8) is 0 Å². The van der Waals surface area contributed by atoms with Crippen molar-refractivity contribution in [2.75, 3.05) is 7.11 Å². The Morgan fingerprint density at radius 1 is 1.32 bits per heavy atom. The number of ether oxygens (including phenoxy) is 1. The number of phenols is 1. The summed E-state index contributed by atoms with van der Waals surface area (Å²) in [6, 6.07) is 2.53. The van der Waals surface area contributed by atoms with Gasteiger partial charge in [-0.25, -0.2) is 4.39 Å². The molecule has 19 heavy (non-hydrogen) atoms. The summed E-state index contributed by atoms with van der Waals surface area (Å²) in [5, 5.41) is 19.1. The maximum absolute atomic E-state index is 14.1. The van der Waals surface area contributed by atoms with Crippen molar-refractivity contribution in [1.82, 2.24) is 0 Å². The first-order chi connectivity index (χ1) is 9.01. The van der Waals surface area contributed by atoms with Gasteiger partial charge in [0.1, 0.15) is 5.75 Å². The van der Waals surface area contributed by atoms with Crippen LogP contribution in [0.3, 0.4) is 0 Å². The highest BCUT2D eigenvalue weighted by Crippen LogP contribution is 2.43. The van der Waals surface area contributed by atoms with Crippen molar-refractivity contribution in [3.05, 3.63) is 23.5 Å². The van der Waals surface area contributed by atoms with E-state index >= 15 is 0 Å². The molecule has 0 bridgehead atoms. The van der Waals surface area contributed by atoms with Gasteiger partial charge < -0.3 is 14.9 Å². The highest BCUT2D eigenvalue weighted by molar-refractivity contribution is 5.82. The molecular formula is C14H17FO4. The van der Waals surface area contributed by atoms with Gasteiger partial charge in [0.15, 0.2) is 11.6 Å². The summed E-state index contributed by atoms with van der Waals surface area (Å²) in [5.74, 6) is -2.20. The van der Waals surface area contributed by atoms with E-state index in [4.69, 9.17) is 4.74 Å². The standard InChI is InChI=1S/C14H17FO4/c1-19-9-7-10(12(15)11(16)8-9)14(13(17)18)5-3-2-4-6-14/h7-8,16H,2-6H2,1H3,(H,17,18). The van der Waals surface area contributed by atoms with Gasteiger partial charge >= 0.3 is 5.97 Å². The first kappa shape index (κ1) is 13.6. The topological polar surface area (TPSA) is 66.8 Å². The fourth-order valence-electron chi connectivity index (χ4n) is 2.80. The number of hydrogen-bond acceptors (Lipinski definition) is 3. The van der Waals surface area contributed by atoms with Gasteiger partial charge in [-0.1, -0.05) is 19.3 Å². The highest BCUT2D eigenvalue weighted by Gasteiger charge is 2.44. The third-order valence-corrected chi connectivity index (χ3v) is 3.89. The third-order valence-electron chi connectivity index (χ3n) is 3.89. The molecule has 0 radical (unpaired) electrons. The molecule has 0 spiro atoms. The van der Waals surface area contributed by atoms with E-state index in [0.717, 1.165) is 25.3 Å². The summed E-state index contributed by atoms with van der Waals surface area (Å²) in [4.78, 5) is 11.7. The van der Waals surface area contributed by atoms with Crippen LogP contribution >= 0.6 is 0 Å². The maximum Gasteiger partial charge on any atom is 0.314 e. The number of carboxylic acid groups (broad SMARTS) is 1. The van der Waals surface area contributed by atoms with Crippen LogP contribution in [0.2, 0.25) is 0 Å². The Hall–Kier alpha value is -1.78. The minimum atomic E-state index is -1.26. The van der Waals surface area contributed by atoms with E-state index in [1.807, 2.05) is 0 Å². The zero-order valence-electron chi connectivity index (χ0n) is 10.8. The normalized spacial score (nSPS) is 18.0. The SMILES string of the molecule is COc1cc(O)c(F)c(C2(C(=O)O)CCCCC2)c1. The van der Waals surface area contributed by atoms with Crippen LogP contribution in [0.15, 0.2) is 12.1 Å². The first-order valence-electron chi connectivity index (χ1n) is 6.31. The number of aromatic hydroxyl groups is 1. The van der Waals surface area contributed by atoms with Crippen molar-refractivity contribution in [3.8, 4) is 11.5 Å². The quantitative estimate of drug-likeness (QED) is 0.884. The van der Waals surface area contributed by atoms with Crippen molar-refractivity contribution in [2.24, 2.45) is 0 Å². The number of rotatable bonds is 3. The monoisotopic (exact) mass is 268 g/mol.